The highest BCUT2D eigenvalue weighted by atomic mass is 31.2. The third-order valence-electron chi connectivity index (χ3n) is 12.7. The van der Waals surface area contributed by atoms with Crippen LogP contribution in [0.25, 0.3) is 0 Å². The molecule has 0 spiro atoms. The predicted molar refractivity (Wildman–Crippen MR) is 224 cm³/mol. The first-order valence-corrected chi connectivity index (χ1v) is 21.9. The lowest BCUT2D eigenvalue weighted by atomic mass is 9.79. The van der Waals surface area contributed by atoms with Crippen molar-refractivity contribution in [2.75, 3.05) is 27.4 Å². The maximum absolute atomic E-state index is 14.7. The van der Waals surface area contributed by atoms with Gasteiger partial charge in [0.2, 0.25) is 0 Å². The Morgan fingerprint density at radius 2 is 1.33 bits per heavy atom. The molecule has 9 rings (SSSR count). The molecular weight excluding hydrogens is 839 g/mol. The first-order chi connectivity index (χ1) is 30.2. The van der Waals surface area contributed by atoms with Crippen LogP contribution >= 0.6 is 7.82 Å². The molecule has 10 atom stereocenters. The maximum Gasteiger partial charge on any atom is 0.475 e. The molecule has 4 fully saturated rings. The fourth-order valence-electron chi connectivity index (χ4n) is 9.48. The fraction of sp³-hybridized carbons (Fsp3) is 0.409. The van der Waals surface area contributed by atoms with Gasteiger partial charge < -0.3 is 28.8 Å². The van der Waals surface area contributed by atoms with E-state index in [2.05, 4.69) is 9.97 Å². The van der Waals surface area contributed by atoms with Gasteiger partial charge >= 0.3 is 19.2 Å². The molecule has 3 N–H and O–H groups in total. The van der Waals surface area contributed by atoms with Gasteiger partial charge in [-0.15, -0.1) is 0 Å². The number of ether oxygens (including phenoxy) is 5. The summed E-state index contributed by atoms with van der Waals surface area (Å²) in [5.41, 5.74) is -2.61. The first kappa shape index (κ1) is 42.9. The third-order valence-corrected chi connectivity index (χ3v) is 14.2. The number of aromatic nitrogens is 4. The molecule has 3 aromatic carbocycles. The lowest BCUT2D eigenvalue weighted by molar-refractivity contribution is -0.231. The smallest absolute Gasteiger partial charge is 0.475 e. The van der Waals surface area contributed by atoms with Crippen LogP contribution in [0.3, 0.4) is 0 Å². The van der Waals surface area contributed by atoms with E-state index < -0.39 is 96.8 Å². The second-order valence-electron chi connectivity index (χ2n) is 16.4. The summed E-state index contributed by atoms with van der Waals surface area (Å²) < 4.78 is 67.2. The Hall–Kier alpha value is -5.43. The second kappa shape index (κ2) is 16.3. The topological polar surface area (TPSA) is 221 Å². The van der Waals surface area contributed by atoms with E-state index in [1.54, 1.807) is 21.1 Å². The number of rotatable bonds is 13. The Kier molecular flexibility index (Phi) is 11.1. The summed E-state index contributed by atoms with van der Waals surface area (Å²) in [4.78, 5) is 55.2. The average molecular weight is 887 g/mol. The van der Waals surface area contributed by atoms with Crippen LogP contribution in [-0.2, 0) is 37.9 Å². The number of methoxy groups -OCH3 is 2. The van der Waals surface area contributed by atoms with Crippen molar-refractivity contribution in [1.82, 2.24) is 19.1 Å². The highest BCUT2D eigenvalue weighted by Crippen LogP contribution is 2.70. The lowest BCUT2D eigenvalue weighted by Gasteiger charge is -2.46. The SMILES string of the molecule is COc1ccc(C(OC[C@]23O[C@@H](n4cc(C)c(=O)[nH]c4=O)[C@@H]4[C@H](C)[C@H]2O[P@](=O)(OC[C@H]2O[C@@H](n5cc(C)c(=O)[nH]c5=O)C[C@@H]2O)O[C@@H]43)(c2ccccc2)c2ccc(OC)cc2)cc1. The third kappa shape index (κ3) is 7.24. The number of phosphoric acid groups is 1. The molecule has 19 heteroatoms. The molecule has 63 heavy (non-hydrogen) atoms. The molecule has 18 nitrogen and oxygen atoms in total. The zero-order valence-corrected chi connectivity index (χ0v) is 35.9. The van der Waals surface area contributed by atoms with Gasteiger partial charge in [-0.3, -0.25) is 42.3 Å². The van der Waals surface area contributed by atoms with Crippen molar-refractivity contribution in [1.29, 1.82) is 0 Å². The number of H-pyrrole nitrogens is 2. The number of nitrogens with one attached hydrogen (secondary N) is 2. The summed E-state index contributed by atoms with van der Waals surface area (Å²) in [5.74, 6) is 0.0894. The number of benzene rings is 3. The fourth-order valence-corrected chi connectivity index (χ4v) is 11.2. The van der Waals surface area contributed by atoms with E-state index in [-0.39, 0.29) is 24.2 Å². The minimum absolute atomic E-state index is 0.0232. The number of aliphatic hydroxyl groups is 1. The monoisotopic (exact) mass is 886 g/mol. The van der Waals surface area contributed by atoms with Crippen molar-refractivity contribution in [2.45, 2.75) is 75.3 Å². The second-order valence-corrected chi connectivity index (χ2v) is 18.0. The Morgan fingerprint density at radius 3 is 1.92 bits per heavy atom. The molecule has 0 radical (unpaired) electrons. The van der Waals surface area contributed by atoms with Crippen LogP contribution < -0.4 is 32.0 Å². The van der Waals surface area contributed by atoms with E-state index in [1.165, 1.54) is 28.5 Å². The zero-order valence-electron chi connectivity index (χ0n) is 35.0. The summed E-state index contributed by atoms with van der Waals surface area (Å²) >= 11 is 0. The van der Waals surface area contributed by atoms with Gasteiger partial charge in [0.25, 0.3) is 11.1 Å². The summed E-state index contributed by atoms with van der Waals surface area (Å²) in [7, 11) is -1.33. The van der Waals surface area contributed by atoms with Crippen LogP contribution in [-0.4, -0.2) is 81.7 Å². The summed E-state index contributed by atoms with van der Waals surface area (Å²) in [6.45, 7) is 4.29. The summed E-state index contributed by atoms with van der Waals surface area (Å²) in [5, 5.41) is 11.0. The van der Waals surface area contributed by atoms with Gasteiger partial charge in [0.05, 0.1) is 33.5 Å². The van der Waals surface area contributed by atoms with Crippen molar-refractivity contribution >= 4 is 7.82 Å². The van der Waals surface area contributed by atoms with Gasteiger partial charge in [-0.05, 0) is 60.7 Å². The molecule has 3 saturated heterocycles. The molecule has 5 heterocycles. The van der Waals surface area contributed by atoms with Crippen molar-refractivity contribution in [3.05, 3.63) is 161 Å². The van der Waals surface area contributed by atoms with Crippen molar-refractivity contribution in [2.24, 2.45) is 11.8 Å². The van der Waals surface area contributed by atoms with Crippen LogP contribution in [0.5, 0.6) is 11.5 Å². The Balaban J connectivity index is 1.08. The van der Waals surface area contributed by atoms with Gasteiger partial charge in [-0.1, -0.05) is 61.5 Å². The number of hydrogen-bond donors (Lipinski definition) is 3. The van der Waals surface area contributed by atoms with Crippen LogP contribution in [0.15, 0.2) is 110 Å². The molecular formula is C44H47N4O14P. The van der Waals surface area contributed by atoms with E-state index >= 15 is 0 Å². The molecule has 5 aromatic rings. The van der Waals surface area contributed by atoms with Crippen LogP contribution in [0.2, 0.25) is 0 Å². The van der Waals surface area contributed by atoms with Gasteiger partial charge in [0, 0.05) is 35.9 Å². The van der Waals surface area contributed by atoms with Crippen molar-refractivity contribution < 1.29 is 46.9 Å². The van der Waals surface area contributed by atoms with E-state index in [1.807, 2.05) is 85.8 Å². The minimum Gasteiger partial charge on any atom is -0.497 e. The summed E-state index contributed by atoms with van der Waals surface area (Å²) in [6.07, 6.45) is -3.52. The maximum atomic E-state index is 14.7. The number of hydrogen-bond acceptors (Lipinski definition) is 14. The lowest BCUT2D eigenvalue weighted by Crippen LogP contribution is -2.57. The summed E-state index contributed by atoms with van der Waals surface area (Å²) in [6, 6.07) is 24.6. The Labute approximate surface area is 359 Å². The molecule has 4 aliphatic rings. The highest BCUT2D eigenvalue weighted by Gasteiger charge is 2.76. The number of aryl methyl sites for hydroxylation is 2. The van der Waals surface area contributed by atoms with Gasteiger partial charge in [-0.2, -0.15) is 0 Å². The van der Waals surface area contributed by atoms with Crippen LogP contribution in [0, 0.1) is 25.7 Å². The molecule has 0 amide bonds. The number of aromatic amines is 2. The van der Waals surface area contributed by atoms with E-state index in [9.17, 15) is 28.8 Å². The molecule has 0 unspecified atom stereocenters. The van der Waals surface area contributed by atoms with Gasteiger partial charge in [-0.25, -0.2) is 14.2 Å². The minimum atomic E-state index is -4.49. The molecule has 3 aliphatic heterocycles. The molecule has 4 bridgehead atoms. The van der Waals surface area contributed by atoms with E-state index in [0.717, 1.165) is 16.7 Å². The Morgan fingerprint density at radius 1 is 0.794 bits per heavy atom. The standard InChI is InChI=1S/C44H47N4O14P/c1-24-20-47(41(52)45-38(24)50)34-19-32(49)33(59-34)22-58-63(54)61-36-26(3)35-37(62-63)43(36,60-40(35)48-21-25(2)39(51)46-42(48)53)23-57-44(27-9-7-6-8-10-27,28-11-15-30(55-4)16-12-28)29-13-17-31(56-5)18-14-29/h6-18,20-21,26,32-37,40,49H,19,22-23H2,1-5H3,(H,45,50,52)(H,46,51,53)/t26-,32-,33+,34+,35+,36+,37-,40+,43-,63-/m0/s1. The van der Waals surface area contributed by atoms with Crippen molar-refractivity contribution in [3.63, 3.8) is 0 Å². The predicted octanol–water partition coefficient (Wildman–Crippen LogP) is 3.82. The van der Waals surface area contributed by atoms with E-state index in [4.69, 9.17) is 37.3 Å². The van der Waals surface area contributed by atoms with Crippen LogP contribution in [0.4, 0.5) is 0 Å². The molecule has 1 saturated carbocycles. The van der Waals surface area contributed by atoms with Gasteiger partial charge in [0.1, 0.15) is 53.5 Å². The highest BCUT2D eigenvalue weighted by molar-refractivity contribution is 7.48. The average Bonchev–Trinajstić information content (AvgIpc) is 3.85. The number of nitrogens with zero attached hydrogens (tertiary/aromatic N) is 2. The Bertz CT molecular complexity index is 2740. The molecule has 1 aliphatic carbocycles. The molecule has 2 aromatic heterocycles. The number of phosphoric ester groups is 1. The first-order valence-electron chi connectivity index (χ1n) is 20.5. The zero-order chi connectivity index (χ0) is 44.4. The normalized spacial score (nSPS) is 29.8. The van der Waals surface area contributed by atoms with E-state index in [0.29, 0.717) is 11.5 Å². The van der Waals surface area contributed by atoms with Crippen molar-refractivity contribution in [3.8, 4) is 11.5 Å². The number of aliphatic hydroxyl groups excluding tert-OH is 1. The quantitative estimate of drug-likeness (QED) is 0.113. The van der Waals surface area contributed by atoms with Gasteiger partial charge in [0.15, 0.2) is 0 Å². The van der Waals surface area contributed by atoms with Crippen LogP contribution in [0.1, 0.15) is 53.6 Å². The largest absolute Gasteiger partial charge is 0.497 e. The molecule has 332 valence electrons.